The first-order valence-electron chi connectivity index (χ1n) is 6.41. The lowest BCUT2D eigenvalue weighted by Gasteiger charge is -2.23. The summed E-state index contributed by atoms with van der Waals surface area (Å²) in [5.41, 5.74) is 1.04. The van der Waals surface area contributed by atoms with Crippen molar-refractivity contribution >= 4 is 11.8 Å². The SMILES string of the molecule is CCNc1ncc(C)c(NC(COC)C(C)C)n1. The van der Waals surface area contributed by atoms with Crippen LogP contribution in [0.5, 0.6) is 0 Å². The molecule has 5 nitrogen and oxygen atoms in total. The Morgan fingerprint density at radius 2 is 2.11 bits per heavy atom. The van der Waals surface area contributed by atoms with E-state index >= 15 is 0 Å². The van der Waals surface area contributed by atoms with Crippen LogP contribution in [0, 0.1) is 12.8 Å². The number of anilines is 2. The molecule has 0 aliphatic carbocycles. The number of methoxy groups -OCH3 is 1. The fraction of sp³-hybridized carbons (Fsp3) is 0.692. The first-order valence-corrected chi connectivity index (χ1v) is 6.41. The third kappa shape index (κ3) is 4.14. The lowest BCUT2D eigenvalue weighted by Crippen LogP contribution is -2.31. The second kappa shape index (κ2) is 7.16. The Bertz CT molecular complexity index is 368. The number of hydrogen-bond donors (Lipinski definition) is 2. The third-order valence-corrected chi connectivity index (χ3v) is 2.78. The van der Waals surface area contributed by atoms with Gasteiger partial charge in [0.15, 0.2) is 0 Å². The monoisotopic (exact) mass is 252 g/mol. The summed E-state index contributed by atoms with van der Waals surface area (Å²) < 4.78 is 5.23. The lowest BCUT2D eigenvalue weighted by molar-refractivity contribution is 0.171. The van der Waals surface area contributed by atoms with Gasteiger partial charge in [0, 0.05) is 25.4 Å². The number of ether oxygens (including phenoxy) is 1. The van der Waals surface area contributed by atoms with E-state index < -0.39 is 0 Å². The molecule has 102 valence electrons. The van der Waals surface area contributed by atoms with Crippen LogP contribution in [-0.4, -0.2) is 36.3 Å². The van der Waals surface area contributed by atoms with Crippen LogP contribution < -0.4 is 10.6 Å². The molecule has 0 aromatic carbocycles. The van der Waals surface area contributed by atoms with Crippen LogP contribution in [0.4, 0.5) is 11.8 Å². The summed E-state index contributed by atoms with van der Waals surface area (Å²) in [6, 6.07) is 0.248. The van der Waals surface area contributed by atoms with Gasteiger partial charge in [-0.15, -0.1) is 0 Å². The van der Waals surface area contributed by atoms with E-state index in [-0.39, 0.29) is 6.04 Å². The molecule has 1 aromatic heterocycles. The Morgan fingerprint density at radius 1 is 1.39 bits per heavy atom. The summed E-state index contributed by atoms with van der Waals surface area (Å²) in [5, 5.41) is 6.55. The minimum Gasteiger partial charge on any atom is -0.383 e. The molecule has 1 heterocycles. The highest BCUT2D eigenvalue weighted by Crippen LogP contribution is 2.16. The fourth-order valence-electron chi connectivity index (χ4n) is 1.59. The van der Waals surface area contributed by atoms with Gasteiger partial charge < -0.3 is 15.4 Å². The Kier molecular flexibility index (Phi) is 5.85. The number of nitrogens with zero attached hydrogens (tertiary/aromatic N) is 2. The fourth-order valence-corrected chi connectivity index (χ4v) is 1.59. The predicted octanol–water partition coefficient (Wildman–Crippen LogP) is 2.30. The lowest BCUT2D eigenvalue weighted by atomic mass is 10.1. The molecule has 0 amide bonds. The quantitative estimate of drug-likeness (QED) is 0.779. The van der Waals surface area contributed by atoms with Gasteiger partial charge in [-0.25, -0.2) is 4.98 Å². The van der Waals surface area contributed by atoms with Crippen LogP contribution in [0.25, 0.3) is 0 Å². The van der Waals surface area contributed by atoms with E-state index in [1.807, 2.05) is 20.0 Å². The average molecular weight is 252 g/mol. The summed E-state index contributed by atoms with van der Waals surface area (Å²) >= 11 is 0. The van der Waals surface area contributed by atoms with E-state index in [1.165, 1.54) is 0 Å². The molecule has 0 aliphatic rings. The molecule has 18 heavy (non-hydrogen) atoms. The molecule has 0 bridgehead atoms. The van der Waals surface area contributed by atoms with Crippen molar-refractivity contribution in [3.05, 3.63) is 11.8 Å². The number of hydrogen-bond acceptors (Lipinski definition) is 5. The summed E-state index contributed by atoms with van der Waals surface area (Å²) in [7, 11) is 1.72. The average Bonchev–Trinajstić information content (AvgIpc) is 2.33. The van der Waals surface area contributed by atoms with Gasteiger partial charge in [0.25, 0.3) is 0 Å². The van der Waals surface area contributed by atoms with Crippen molar-refractivity contribution in [3.63, 3.8) is 0 Å². The highest BCUT2D eigenvalue weighted by molar-refractivity contribution is 5.47. The summed E-state index contributed by atoms with van der Waals surface area (Å²) in [4.78, 5) is 8.71. The molecule has 0 saturated heterocycles. The molecule has 5 heteroatoms. The van der Waals surface area contributed by atoms with Gasteiger partial charge >= 0.3 is 0 Å². The predicted molar refractivity (Wildman–Crippen MR) is 75.1 cm³/mol. The van der Waals surface area contributed by atoms with Gasteiger partial charge in [-0.2, -0.15) is 4.98 Å². The molecular weight excluding hydrogens is 228 g/mol. The van der Waals surface area contributed by atoms with Gasteiger partial charge in [0.1, 0.15) is 5.82 Å². The zero-order valence-electron chi connectivity index (χ0n) is 11.9. The maximum atomic E-state index is 5.23. The maximum absolute atomic E-state index is 5.23. The Balaban J connectivity index is 2.83. The van der Waals surface area contributed by atoms with Crippen LogP contribution in [0.15, 0.2) is 6.20 Å². The molecule has 0 aliphatic heterocycles. The molecule has 1 unspecified atom stereocenters. The molecule has 0 spiro atoms. The highest BCUT2D eigenvalue weighted by atomic mass is 16.5. The smallest absolute Gasteiger partial charge is 0.224 e. The molecule has 1 atom stereocenters. The van der Waals surface area contributed by atoms with Gasteiger partial charge in [-0.1, -0.05) is 13.8 Å². The third-order valence-electron chi connectivity index (χ3n) is 2.78. The molecule has 1 rings (SSSR count). The van der Waals surface area contributed by atoms with E-state index in [0.717, 1.165) is 17.9 Å². The normalized spacial score (nSPS) is 12.6. The van der Waals surface area contributed by atoms with Gasteiger partial charge in [0.05, 0.1) is 12.6 Å². The topological polar surface area (TPSA) is 59.1 Å². The number of rotatable bonds is 7. The molecule has 0 fully saturated rings. The second-order valence-electron chi connectivity index (χ2n) is 4.71. The minimum atomic E-state index is 0.248. The van der Waals surface area contributed by atoms with Crippen LogP contribution >= 0.6 is 0 Å². The molecule has 0 saturated carbocycles. The number of nitrogens with one attached hydrogen (secondary N) is 2. The molecule has 1 aromatic rings. The molecule has 0 radical (unpaired) electrons. The molecular formula is C13H24N4O. The van der Waals surface area contributed by atoms with E-state index in [4.69, 9.17) is 4.74 Å². The van der Waals surface area contributed by atoms with Crippen molar-refractivity contribution in [2.24, 2.45) is 5.92 Å². The van der Waals surface area contributed by atoms with Crippen molar-refractivity contribution in [3.8, 4) is 0 Å². The van der Waals surface area contributed by atoms with Crippen LogP contribution in [0.3, 0.4) is 0 Å². The standard InChI is InChI=1S/C13H24N4O/c1-6-14-13-15-7-10(4)12(17-13)16-11(8-18-5)9(2)3/h7,9,11H,6,8H2,1-5H3,(H2,14,15,16,17). The van der Waals surface area contributed by atoms with E-state index in [2.05, 4.69) is 34.4 Å². The zero-order valence-corrected chi connectivity index (χ0v) is 11.9. The zero-order chi connectivity index (χ0) is 13.5. The Hall–Kier alpha value is -1.36. The summed E-state index contributed by atoms with van der Waals surface area (Å²) in [6.07, 6.45) is 1.83. The first-order chi connectivity index (χ1) is 8.58. The van der Waals surface area contributed by atoms with Crippen molar-refractivity contribution in [2.45, 2.75) is 33.7 Å². The van der Waals surface area contributed by atoms with Gasteiger partial charge in [-0.3, -0.25) is 0 Å². The van der Waals surface area contributed by atoms with Gasteiger partial charge in [0.2, 0.25) is 5.95 Å². The van der Waals surface area contributed by atoms with Crippen molar-refractivity contribution in [1.29, 1.82) is 0 Å². The van der Waals surface area contributed by atoms with Crippen molar-refractivity contribution < 1.29 is 4.74 Å². The van der Waals surface area contributed by atoms with E-state index in [9.17, 15) is 0 Å². The number of aromatic nitrogens is 2. The maximum Gasteiger partial charge on any atom is 0.224 e. The summed E-state index contributed by atoms with van der Waals surface area (Å²) in [5.74, 6) is 2.00. The summed E-state index contributed by atoms with van der Waals surface area (Å²) in [6.45, 7) is 9.84. The van der Waals surface area contributed by atoms with Crippen LogP contribution in [0.1, 0.15) is 26.3 Å². The number of aryl methyl sites for hydroxylation is 1. The van der Waals surface area contributed by atoms with Crippen LogP contribution in [-0.2, 0) is 4.74 Å². The van der Waals surface area contributed by atoms with Gasteiger partial charge in [-0.05, 0) is 19.8 Å². The van der Waals surface area contributed by atoms with E-state index in [1.54, 1.807) is 7.11 Å². The minimum absolute atomic E-state index is 0.248. The second-order valence-corrected chi connectivity index (χ2v) is 4.71. The van der Waals surface area contributed by atoms with E-state index in [0.29, 0.717) is 18.5 Å². The highest BCUT2D eigenvalue weighted by Gasteiger charge is 2.15. The Morgan fingerprint density at radius 3 is 2.67 bits per heavy atom. The van der Waals surface area contributed by atoms with Crippen LogP contribution in [0.2, 0.25) is 0 Å². The molecule has 2 N–H and O–H groups in total. The first kappa shape index (κ1) is 14.7. The van der Waals surface area contributed by atoms with Crippen molar-refractivity contribution in [1.82, 2.24) is 9.97 Å². The van der Waals surface area contributed by atoms with Crippen molar-refractivity contribution in [2.75, 3.05) is 30.9 Å². The Labute approximate surface area is 109 Å². The largest absolute Gasteiger partial charge is 0.383 e.